The van der Waals surface area contributed by atoms with Gasteiger partial charge in [0, 0.05) is 10.0 Å². The van der Waals surface area contributed by atoms with Crippen LogP contribution in [0.2, 0.25) is 10.0 Å². The van der Waals surface area contributed by atoms with E-state index < -0.39 is 12.0 Å². The van der Waals surface area contributed by atoms with E-state index >= 15 is 0 Å². The van der Waals surface area contributed by atoms with Gasteiger partial charge in [-0.15, -0.1) is 0 Å². The van der Waals surface area contributed by atoms with Crippen LogP contribution in [0.25, 0.3) is 6.08 Å². The van der Waals surface area contributed by atoms with Crippen LogP contribution in [0.1, 0.15) is 24.1 Å². The second kappa shape index (κ2) is 8.94. The van der Waals surface area contributed by atoms with Gasteiger partial charge < -0.3 is 9.47 Å². The van der Waals surface area contributed by atoms with Crippen molar-refractivity contribution < 1.29 is 14.3 Å². The molecular weight excluding hydrogens is 471 g/mol. The van der Waals surface area contributed by atoms with Gasteiger partial charge >= 0.3 is 5.97 Å². The van der Waals surface area contributed by atoms with E-state index in [0.717, 1.165) is 5.56 Å². The molecule has 0 spiro atoms. The number of fused-ring (bicyclic) bond motifs is 1. The first-order chi connectivity index (χ1) is 15.3. The number of carbonyl (C=O) groups excluding carboxylic acids is 1. The minimum absolute atomic E-state index is 0.283. The Kier molecular flexibility index (Phi) is 6.24. The molecule has 3 aromatic rings. The number of halogens is 2. The number of aromatic nitrogens is 1. The van der Waals surface area contributed by atoms with Crippen molar-refractivity contribution in [2.45, 2.75) is 13.0 Å². The van der Waals surface area contributed by atoms with Crippen molar-refractivity contribution >= 4 is 46.6 Å². The molecule has 0 bridgehead atoms. The maximum absolute atomic E-state index is 13.5. The second-order valence-electron chi connectivity index (χ2n) is 7.01. The number of allylic oxidation sites excluding steroid dienone is 1. The average Bonchev–Trinajstić information content (AvgIpc) is 3.09. The summed E-state index contributed by atoms with van der Waals surface area (Å²) in [5.74, 6) is 0.126. The number of hydrogen-bond donors (Lipinski definition) is 0. The lowest BCUT2D eigenvalue weighted by molar-refractivity contribution is -0.136. The van der Waals surface area contributed by atoms with Crippen molar-refractivity contribution in [1.29, 1.82) is 0 Å². The smallest absolute Gasteiger partial charge is 0.338 e. The van der Waals surface area contributed by atoms with Gasteiger partial charge in [-0.3, -0.25) is 9.36 Å². The Hall–Kier alpha value is -2.87. The van der Waals surface area contributed by atoms with E-state index in [-0.39, 0.29) is 5.56 Å². The highest BCUT2D eigenvalue weighted by Crippen LogP contribution is 2.31. The van der Waals surface area contributed by atoms with E-state index in [1.165, 1.54) is 23.0 Å². The molecule has 0 saturated carbocycles. The Balaban J connectivity index is 1.96. The normalized spacial score (nSPS) is 15.9. The lowest BCUT2D eigenvalue weighted by Gasteiger charge is -2.24. The van der Waals surface area contributed by atoms with E-state index in [2.05, 4.69) is 4.99 Å². The number of benzene rings is 2. The van der Waals surface area contributed by atoms with Gasteiger partial charge in [0.25, 0.3) is 5.56 Å². The van der Waals surface area contributed by atoms with Crippen LogP contribution in [0, 0.1) is 0 Å². The number of esters is 1. The van der Waals surface area contributed by atoms with E-state index in [4.69, 9.17) is 32.7 Å². The first-order valence-corrected chi connectivity index (χ1v) is 11.1. The molecule has 2 heterocycles. The molecule has 9 heteroatoms. The van der Waals surface area contributed by atoms with Crippen LogP contribution in [0.4, 0.5) is 0 Å². The zero-order chi connectivity index (χ0) is 23.0. The Morgan fingerprint density at radius 3 is 2.50 bits per heavy atom. The third-order valence-corrected chi connectivity index (χ3v) is 6.65. The van der Waals surface area contributed by atoms with Crippen LogP contribution >= 0.6 is 34.5 Å². The molecule has 0 saturated heterocycles. The number of thiazole rings is 1. The number of carbonyl (C=O) groups is 1. The fourth-order valence-corrected chi connectivity index (χ4v) is 5.05. The third kappa shape index (κ3) is 3.99. The molecule has 2 aromatic carbocycles. The van der Waals surface area contributed by atoms with Gasteiger partial charge in [-0.25, -0.2) is 9.79 Å². The fraction of sp³-hybridized carbons (Fsp3) is 0.174. The standard InChI is InChI=1S/C23H18Cl2N2O4S/c1-12-19(22(29)31-3)20(13-5-8-16(30-2)9-6-13)27-21(28)18(32-23(27)26-12)10-14-4-7-15(24)11-17(14)25/h4-11,20H,1-3H3. The van der Waals surface area contributed by atoms with E-state index in [0.29, 0.717) is 42.0 Å². The Labute approximate surface area is 197 Å². The molecule has 0 N–H and O–H groups in total. The Morgan fingerprint density at radius 1 is 1.16 bits per heavy atom. The van der Waals surface area contributed by atoms with Gasteiger partial charge in [-0.1, -0.05) is 52.7 Å². The molecule has 1 unspecified atom stereocenters. The first-order valence-electron chi connectivity index (χ1n) is 9.54. The van der Waals surface area contributed by atoms with Gasteiger partial charge in [0.05, 0.1) is 36.1 Å². The number of hydrogen-bond acceptors (Lipinski definition) is 6. The van der Waals surface area contributed by atoms with Gasteiger partial charge in [0.15, 0.2) is 4.80 Å². The van der Waals surface area contributed by atoms with Gasteiger partial charge in [0.2, 0.25) is 0 Å². The topological polar surface area (TPSA) is 69.9 Å². The molecule has 0 aliphatic carbocycles. The molecule has 164 valence electrons. The van der Waals surface area contributed by atoms with Crippen LogP contribution in [0.15, 0.2) is 63.5 Å². The van der Waals surface area contributed by atoms with Crippen LogP contribution in [-0.4, -0.2) is 24.8 Å². The molecule has 0 radical (unpaired) electrons. The fourth-order valence-electron chi connectivity index (χ4n) is 3.55. The summed E-state index contributed by atoms with van der Waals surface area (Å²) < 4.78 is 12.2. The Morgan fingerprint density at radius 2 is 1.88 bits per heavy atom. The molecule has 0 amide bonds. The second-order valence-corrected chi connectivity index (χ2v) is 8.87. The van der Waals surface area contributed by atoms with E-state index in [9.17, 15) is 9.59 Å². The molecule has 4 rings (SSSR count). The average molecular weight is 489 g/mol. The summed E-state index contributed by atoms with van der Waals surface area (Å²) in [5.41, 5.74) is 1.91. The summed E-state index contributed by atoms with van der Waals surface area (Å²) in [4.78, 5) is 31.2. The summed E-state index contributed by atoms with van der Waals surface area (Å²) in [6, 6.07) is 11.6. The van der Waals surface area contributed by atoms with E-state index in [1.807, 2.05) is 12.1 Å². The third-order valence-electron chi connectivity index (χ3n) is 5.11. The predicted octanol–water partition coefficient (Wildman–Crippen LogP) is 3.72. The number of ether oxygens (including phenoxy) is 2. The molecule has 1 aliphatic rings. The maximum Gasteiger partial charge on any atom is 0.338 e. The summed E-state index contributed by atoms with van der Waals surface area (Å²) in [7, 11) is 2.88. The minimum Gasteiger partial charge on any atom is -0.497 e. The van der Waals surface area contributed by atoms with Gasteiger partial charge in [0.1, 0.15) is 5.75 Å². The summed E-state index contributed by atoms with van der Waals surface area (Å²) >= 11 is 13.5. The van der Waals surface area contributed by atoms with Crippen molar-refractivity contribution in [1.82, 2.24) is 4.57 Å². The largest absolute Gasteiger partial charge is 0.497 e. The predicted molar refractivity (Wildman–Crippen MR) is 125 cm³/mol. The highest BCUT2D eigenvalue weighted by molar-refractivity contribution is 7.07. The maximum atomic E-state index is 13.5. The van der Waals surface area contributed by atoms with Crippen molar-refractivity contribution in [2.24, 2.45) is 4.99 Å². The van der Waals surface area contributed by atoms with Crippen LogP contribution in [-0.2, 0) is 9.53 Å². The lowest BCUT2D eigenvalue weighted by atomic mass is 9.96. The SMILES string of the molecule is COC(=O)C1=C(C)N=c2sc(=Cc3ccc(Cl)cc3Cl)c(=O)n2C1c1ccc(OC)cc1. The number of methoxy groups -OCH3 is 2. The molecule has 6 nitrogen and oxygen atoms in total. The molecule has 32 heavy (non-hydrogen) atoms. The quantitative estimate of drug-likeness (QED) is 0.524. The zero-order valence-electron chi connectivity index (χ0n) is 17.4. The number of nitrogens with zero attached hydrogens (tertiary/aromatic N) is 2. The highest BCUT2D eigenvalue weighted by Gasteiger charge is 2.33. The molecule has 0 fully saturated rings. The summed E-state index contributed by atoms with van der Waals surface area (Å²) in [6.07, 6.45) is 1.70. The van der Waals surface area contributed by atoms with E-state index in [1.54, 1.807) is 50.4 Å². The minimum atomic E-state index is -0.688. The number of rotatable bonds is 4. The van der Waals surface area contributed by atoms with Crippen molar-refractivity contribution in [3.05, 3.63) is 94.6 Å². The molecule has 1 aliphatic heterocycles. The zero-order valence-corrected chi connectivity index (χ0v) is 19.7. The van der Waals surface area contributed by atoms with Crippen LogP contribution in [0.3, 0.4) is 0 Å². The molecular formula is C23H18Cl2N2O4S. The van der Waals surface area contributed by atoms with Crippen LogP contribution < -0.4 is 19.6 Å². The molecule has 1 aromatic heterocycles. The summed E-state index contributed by atoms with van der Waals surface area (Å²) in [5, 5.41) is 0.938. The van der Waals surface area contributed by atoms with Crippen LogP contribution in [0.5, 0.6) is 5.75 Å². The molecule has 1 atom stereocenters. The van der Waals surface area contributed by atoms with Crippen molar-refractivity contribution in [2.75, 3.05) is 14.2 Å². The van der Waals surface area contributed by atoms with Crippen molar-refractivity contribution in [3.63, 3.8) is 0 Å². The highest BCUT2D eigenvalue weighted by atomic mass is 35.5. The van der Waals surface area contributed by atoms with Gasteiger partial charge in [-0.2, -0.15) is 0 Å². The summed E-state index contributed by atoms with van der Waals surface area (Å²) in [6.45, 7) is 1.73. The first kappa shape index (κ1) is 22.3. The lowest BCUT2D eigenvalue weighted by Crippen LogP contribution is -2.39. The van der Waals surface area contributed by atoms with Crippen molar-refractivity contribution in [3.8, 4) is 5.75 Å². The monoisotopic (exact) mass is 488 g/mol. The Bertz CT molecular complexity index is 1420. The van der Waals surface area contributed by atoms with Gasteiger partial charge in [-0.05, 0) is 48.4 Å².